The smallest absolute Gasteiger partial charge is 0.307 e. The zero-order valence-electron chi connectivity index (χ0n) is 6.32. The van der Waals surface area contributed by atoms with Crippen LogP contribution in [0.4, 0.5) is 11.6 Å². The molecule has 1 rings (SSSR count). The summed E-state index contributed by atoms with van der Waals surface area (Å²) in [6.45, 7) is 0. The van der Waals surface area contributed by atoms with Crippen LogP contribution < -0.4 is 11.5 Å². The molecule has 5 heteroatoms. The van der Waals surface area contributed by atoms with Gasteiger partial charge in [0.15, 0.2) is 0 Å². The maximum absolute atomic E-state index is 10.3. The molecule has 0 saturated carbocycles. The first-order valence-corrected chi connectivity index (χ1v) is 3.31. The van der Waals surface area contributed by atoms with Gasteiger partial charge in [0, 0.05) is 0 Å². The third-order valence-corrected chi connectivity index (χ3v) is 1.28. The zero-order valence-corrected chi connectivity index (χ0v) is 6.32. The fraction of sp³-hybridized carbons (Fsp3) is 0.143. The topological polar surface area (TPSA) is 102 Å². The lowest BCUT2D eigenvalue weighted by Gasteiger charge is -2.00. The van der Waals surface area contributed by atoms with Crippen LogP contribution in [-0.4, -0.2) is 16.1 Å². The van der Waals surface area contributed by atoms with E-state index in [9.17, 15) is 4.79 Å². The van der Waals surface area contributed by atoms with Crippen molar-refractivity contribution in [2.24, 2.45) is 0 Å². The number of nitrogens with zero attached hydrogens (tertiary/aromatic N) is 1. The molecular weight excluding hydrogens is 158 g/mol. The SMILES string of the molecule is Nc1cc(CC(=O)O)cc(N)n1. The maximum Gasteiger partial charge on any atom is 0.307 e. The Hall–Kier alpha value is -1.78. The Morgan fingerprint density at radius 1 is 1.42 bits per heavy atom. The van der Waals surface area contributed by atoms with Gasteiger partial charge in [-0.25, -0.2) is 4.98 Å². The molecule has 0 aromatic carbocycles. The van der Waals surface area contributed by atoms with E-state index < -0.39 is 5.97 Å². The molecule has 64 valence electrons. The first-order chi connectivity index (χ1) is 5.58. The highest BCUT2D eigenvalue weighted by Crippen LogP contribution is 2.09. The van der Waals surface area contributed by atoms with E-state index in [4.69, 9.17) is 16.6 Å². The molecule has 5 N–H and O–H groups in total. The van der Waals surface area contributed by atoms with Crippen molar-refractivity contribution in [1.29, 1.82) is 0 Å². The minimum absolute atomic E-state index is 0.0864. The van der Waals surface area contributed by atoms with E-state index in [0.29, 0.717) is 5.56 Å². The predicted octanol–water partition coefficient (Wildman–Crippen LogP) is -0.127. The fourth-order valence-corrected chi connectivity index (χ4v) is 0.912. The number of rotatable bonds is 2. The minimum atomic E-state index is -0.917. The number of carboxylic acids is 1. The molecule has 0 bridgehead atoms. The largest absolute Gasteiger partial charge is 0.481 e. The Labute approximate surface area is 69.0 Å². The van der Waals surface area contributed by atoms with Gasteiger partial charge in [0.25, 0.3) is 0 Å². The summed E-state index contributed by atoms with van der Waals surface area (Å²) in [4.78, 5) is 14.0. The van der Waals surface area contributed by atoms with Crippen LogP contribution >= 0.6 is 0 Å². The predicted molar refractivity (Wildman–Crippen MR) is 44.4 cm³/mol. The minimum Gasteiger partial charge on any atom is -0.481 e. The fourth-order valence-electron chi connectivity index (χ4n) is 0.912. The lowest BCUT2D eigenvalue weighted by molar-refractivity contribution is -0.136. The number of aromatic nitrogens is 1. The molecule has 0 fully saturated rings. The number of hydrogen-bond donors (Lipinski definition) is 3. The summed E-state index contributed by atoms with van der Waals surface area (Å²) >= 11 is 0. The molecule has 12 heavy (non-hydrogen) atoms. The number of pyridine rings is 1. The molecule has 0 aliphatic rings. The number of nitrogen functional groups attached to an aromatic ring is 2. The summed E-state index contributed by atoms with van der Waals surface area (Å²) in [7, 11) is 0. The van der Waals surface area contributed by atoms with Crippen molar-refractivity contribution in [3.63, 3.8) is 0 Å². The molecular formula is C7H9N3O2. The summed E-state index contributed by atoms with van der Waals surface area (Å²) < 4.78 is 0. The standard InChI is InChI=1S/C7H9N3O2/c8-5-1-4(3-7(11)12)2-6(9)10-5/h1-2H,3H2,(H,11,12)(H4,8,9,10). The summed E-state index contributed by atoms with van der Waals surface area (Å²) in [6, 6.07) is 2.98. The van der Waals surface area contributed by atoms with Crippen LogP contribution in [0.5, 0.6) is 0 Å². The second kappa shape index (κ2) is 3.08. The Kier molecular flexibility index (Phi) is 2.14. The van der Waals surface area contributed by atoms with Crippen LogP contribution in [0, 0.1) is 0 Å². The summed E-state index contributed by atoms with van der Waals surface area (Å²) in [5.41, 5.74) is 11.3. The maximum atomic E-state index is 10.3. The molecule has 1 aromatic heterocycles. The van der Waals surface area contributed by atoms with Crippen LogP contribution in [0.1, 0.15) is 5.56 Å². The third kappa shape index (κ3) is 2.12. The van der Waals surface area contributed by atoms with E-state index in [1.807, 2.05) is 0 Å². The van der Waals surface area contributed by atoms with Gasteiger partial charge in [-0.2, -0.15) is 0 Å². The van der Waals surface area contributed by atoms with E-state index in [1.54, 1.807) is 0 Å². The van der Waals surface area contributed by atoms with E-state index in [-0.39, 0.29) is 18.1 Å². The number of nitrogens with two attached hydrogens (primary N) is 2. The molecule has 0 atom stereocenters. The van der Waals surface area contributed by atoms with Crippen molar-refractivity contribution in [2.75, 3.05) is 11.5 Å². The molecule has 0 aliphatic carbocycles. The van der Waals surface area contributed by atoms with Crippen LogP contribution in [-0.2, 0) is 11.2 Å². The Morgan fingerprint density at radius 3 is 2.33 bits per heavy atom. The van der Waals surface area contributed by atoms with Crippen LogP contribution in [0.25, 0.3) is 0 Å². The first kappa shape index (κ1) is 8.32. The molecule has 5 nitrogen and oxygen atoms in total. The molecule has 0 unspecified atom stereocenters. The average Bonchev–Trinajstić information content (AvgIpc) is 1.81. The molecule has 0 amide bonds. The second-order valence-electron chi connectivity index (χ2n) is 2.40. The van der Waals surface area contributed by atoms with Gasteiger partial charge in [0.1, 0.15) is 11.6 Å². The lowest BCUT2D eigenvalue weighted by Crippen LogP contribution is -2.03. The summed E-state index contributed by atoms with van der Waals surface area (Å²) in [5, 5.41) is 8.45. The van der Waals surface area contributed by atoms with E-state index in [1.165, 1.54) is 12.1 Å². The van der Waals surface area contributed by atoms with Gasteiger partial charge in [-0.15, -0.1) is 0 Å². The van der Waals surface area contributed by atoms with Gasteiger partial charge < -0.3 is 16.6 Å². The third-order valence-electron chi connectivity index (χ3n) is 1.28. The molecule has 1 aromatic rings. The van der Waals surface area contributed by atoms with Gasteiger partial charge in [0.2, 0.25) is 0 Å². The van der Waals surface area contributed by atoms with Crippen molar-refractivity contribution in [3.05, 3.63) is 17.7 Å². The number of aliphatic carboxylic acids is 1. The van der Waals surface area contributed by atoms with Gasteiger partial charge >= 0.3 is 5.97 Å². The van der Waals surface area contributed by atoms with Gasteiger partial charge in [-0.05, 0) is 17.7 Å². The van der Waals surface area contributed by atoms with E-state index in [2.05, 4.69) is 4.98 Å². The number of carbonyl (C=O) groups is 1. The Bertz CT molecular complexity index is 291. The molecule has 0 saturated heterocycles. The van der Waals surface area contributed by atoms with Crippen molar-refractivity contribution in [1.82, 2.24) is 4.98 Å². The second-order valence-corrected chi connectivity index (χ2v) is 2.40. The van der Waals surface area contributed by atoms with Gasteiger partial charge in [0.05, 0.1) is 6.42 Å². The van der Waals surface area contributed by atoms with Crippen LogP contribution in [0.15, 0.2) is 12.1 Å². The van der Waals surface area contributed by atoms with Gasteiger partial charge in [-0.3, -0.25) is 4.79 Å². The van der Waals surface area contributed by atoms with Gasteiger partial charge in [-0.1, -0.05) is 0 Å². The van der Waals surface area contributed by atoms with Crippen LogP contribution in [0.3, 0.4) is 0 Å². The van der Waals surface area contributed by atoms with E-state index >= 15 is 0 Å². The lowest BCUT2D eigenvalue weighted by atomic mass is 10.2. The van der Waals surface area contributed by atoms with Crippen molar-refractivity contribution < 1.29 is 9.90 Å². The quantitative estimate of drug-likeness (QED) is 0.569. The number of hydrogen-bond acceptors (Lipinski definition) is 4. The molecule has 0 aliphatic heterocycles. The van der Waals surface area contributed by atoms with Crippen molar-refractivity contribution in [3.8, 4) is 0 Å². The highest BCUT2D eigenvalue weighted by atomic mass is 16.4. The summed E-state index contributed by atoms with van der Waals surface area (Å²) in [6.07, 6.45) is -0.0864. The molecule has 0 spiro atoms. The van der Waals surface area contributed by atoms with E-state index in [0.717, 1.165) is 0 Å². The molecule has 0 radical (unpaired) electrons. The zero-order chi connectivity index (χ0) is 9.14. The number of carboxylic acid groups (broad SMARTS) is 1. The Balaban J connectivity index is 2.93. The van der Waals surface area contributed by atoms with Crippen molar-refractivity contribution >= 4 is 17.6 Å². The number of anilines is 2. The monoisotopic (exact) mass is 167 g/mol. The highest BCUT2D eigenvalue weighted by molar-refractivity contribution is 5.71. The first-order valence-electron chi connectivity index (χ1n) is 3.31. The normalized spacial score (nSPS) is 9.67. The molecule has 1 heterocycles. The van der Waals surface area contributed by atoms with Crippen molar-refractivity contribution in [2.45, 2.75) is 6.42 Å². The summed E-state index contributed by atoms with van der Waals surface area (Å²) in [5.74, 6) is -0.433. The highest BCUT2D eigenvalue weighted by Gasteiger charge is 2.02. The van der Waals surface area contributed by atoms with Crippen LogP contribution in [0.2, 0.25) is 0 Å². The average molecular weight is 167 g/mol. The Morgan fingerprint density at radius 2 is 1.92 bits per heavy atom.